The number of anilines is 1. The number of aryl methyl sites for hydroxylation is 1. The molecule has 1 fully saturated rings. The van der Waals surface area contributed by atoms with Crippen molar-refractivity contribution in [1.82, 2.24) is 4.90 Å². The van der Waals surface area contributed by atoms with Crippen molar-refractivity contribution in [2.45, 2.75) is 13.8 Å². The number of para-hydroxylation sites is 1. The number of likely N-dealkylation sites (N-methyl/N-ethyl adjacent to an activating group) is 1. The van der Waals surface area contributed by atoms with E-state index in [0.717, 1.165) is 0 Å². The van der Waals surface area contributed by atoms with E-state index in [1.54, 1.807) is 0 Å². The monoisotopic (exact) mass is 204 g/mol. The molecule has 0 spiro atoms. The van der Waals surface area contributed by atoms with Gasteiger partial charge in [0.1, 0.15) is 0 Å². The molecule has 0 bridgehead atoms. The second kappa shape index (κ2) is 4.67. The molecule has 1 aliphatic heterocycles. The summed E-state index contributed by atoms with van der Waals surface area (Å²) in [5.41, 5.74) is 2.80. The molecule has 0 atom stereocenters. The van der Waals surface area contributed by atoms with Gasteiger partial charge in [-0.25, -0.2) is 0 Å². The van der Waals surface area contributed by atoms with Crippen LogP contribution in [-0.4, -0.2) is 37.6 Å². The summed E-state index contributed by atoms with van der Waals surface area (Å²) in [5.74, 6) is 0. The highest BCUT2D eigenvalue weighted by molar-refractivity contribution is 5.53. The van der Waals surface area contributed by atoms with Crippen LogP contribution in [0.3, 0.4) is 0 Å². The Bertz CT molecular complexity index is 314. The van der Waals surface area contributed by atoms with Crippen LogP contribution in [0.2, 0.25) is 0 Å². The molecule has 0 saturated carbocycles. The molecule has 1 saturated heterocycles. The van der Waals surface area contributed by atoms with Crippen molar-refractivity contribution in [1.29, 1.82) is 0 Å². The van der Waals surface area contributed by atoms with E-state index in [0.29, 0.717) is 0 Å². The van der Waals surface area contributed by atoms with Gasteiger partial charge in [-0.05, 0) is 25.1 Å². The molecule has 15 heavy (non-hydrogen) atoms. The Labute approximate surface area is 92.5 Å². The van der Waals surface area contributed by atoms with Crippen LogP contribution in [0.4, 0.5) is 5.69 Å². The zero-order valence-electron chi connectivity index (χ0n) is 9.74. The summed E-state index contributed by atoms with van der Waals surface area (Å²) < 4.78 is 0. The first kappa shape index (κ1) is 10.5. The Morgan fingerprint density at radius 2 is 1.73 bits per heavy atom. The summed E-state index contributed by atoms with van der Waals surface area (Å²) in [6, 6.07) is 8.67. The Hall–Kier alpha value is -1.02. The van der Waals surface area contributed by atoms with Crippen molar-refractivity contribution in [2.75, 3.05) is 37.6 Å². The minimum Gasteiger partial charge on any atom is -0.369 e. The van der Waals surface area contributed by atoms with Crippen molar-refractivity contribution in [3.05, 3.63) is 29.8 Å². The first-order chi connectivity index (χ1) is 7.31. The van der Waals surface area contributed by atoms with Gasteiger partial charge in [0, 0.05) is 31.9 Å². The molecule has 2 nitrogen and oxygen atoms in total. The van der Waals surface area contributed by atoms with Crippen molar-refractivity contribution in [3.8, 4) is 0 Å². The number of hydrogen-bond donors (Lipinski definition) is 0. The predicted molar refractivity (Wildman–Crippen MR) is 65.5 cm³/mol. The predicted octanol–water partition coefficient (Wildman–Crippen LogP) is 2.14. The molecular weight excluding hydrogens is 184 g/mol. The van der Waals surface area contributed by atoms with Gasteiger partial charge in [-0.1, -0.05) is 25.1 Å². The van der Waals surface area contributed by atoms with Gasteiger partial charge in [0.15, 0.2) is 0 Å². The smallest absolute Gasteiger partial charge is 0.0396 e. The maximum Gasteiger partial charge on any atom is 0.0396 e. The first-order valence-corrected chi connectivity index (χ1v) is 5.84. The fourth-order valence-electron chi connectivity index (χ4n) is 2.22. The highest BCUT2D eigenvalue weighted by atomic mass is 15.3. The van der Waals surface area contributed by atoms with Crippen LogP contribution in [-0.2, 0) is 0 Å². The molecule has 1 aliphatic rings. The van der Waals surface area contributed by atoms with Gasteiger partial charge in [0.25, 0.3) is 0 Å². The summed E-state index contributed by atoms with van der Waals surface area (Å²) in [6.45, 7) is 10.3. The summed E-state index contributed by atoms with van der Waals surface area (Å²) >= 11 is 0. The Morgan fingerprint density at radius 3 is 2.33 bits per heavy atom. The maximum atomic E-state index is 2.51. The van der Waals surface area contributed by atoms with Crippen molar-refractivity contribution in [3.63, 3.8) is 0 Å². The lowest BCUT2D eigenvalue weighted by Gasteiger charge is -2.36. The zero-order valence-corrected chi connectivity index (χ0v) is 9.74. The fraction of sp³-hybridized carbons (Fsp3) is 0.538. The van der Waals surface area contributed by atoms with E-state index in [2.05, 4.69) is 47.9 Å². The first-order valence-electron chi connectivity index (χ1n) is 5.84. The molecule has 0 radical (unpaired) electrons. The van der Waals surface area contributed by atoms with E-state index < -0.39 is 0 Å². The summed E-state index contributed by atoms with van der Waals surface area (Å²) in [4.78, 5) is 5.01. The molecule has 0 N–H and O–H groups in total. The summed E-state index contributed by atoms with van der Waals surface area (Å²) in [6.07, 6.45) is 0. The van der Waals surface area contributed by atoms with Gasteiger partial charge in [-0.15, -0.1) is 0 Å². The van der Waals surface area contributed by atoms with Crippen LogP contribution in [0.5, 0.6) is 0 Å². The molecule has 1 aromatic carbocycles. The number of hydrogen-bond acceptors (Lipinski definition) is 2. The highest BCUT2D eigenvalue weighted by Gasteiger charge is 2.16. The van der Waals surface area contributed by atoms with Gasteiger partial charge in [0.05, 0.1) is 0 Å². The largest absolute Gasteiger partial charge is 0.369 e. The molecule has 2 rings (SSSR count). The van der Waals surface area contributed by atoms with Crippen LogP contribution in [0.1, 0.15) is 12.5 Å². The van der Waals surface area contributed by atoms with Crippen LogP contribution >= 0.6 is 0 Å². The lowest BCUT2D eigenvalue weighted by atomic mass is 10.1. The molecule has 0 aromatic heterocycles. The van der Waals surface area contributed by atoms with E-state index in [1.165, 1.54) is 44.0 Å². The highest BCUT2D eigenvalue weighted by Crippen LogP contribution is 2.20. The average molecular weight is 204 g/mol. The van der Waals surface area contributed by atoms with Crippen LogP contribution in [0.15, 0.2) is 24.3 Å². The van der Waals surface area contributed by atoms with Crippen LogP contribution < -0.4 is 4.90 Å². The molecule has 0 aliphatic carbocycles. The fourth-order valence-corrected chi connectivity index (χ4v) is 2.22. The van der Waals surface area contributed by atoms with Crippen LogP contribution in [0.25, 0.3) is 0 Å². The maximum absolute atomic E-state index is 2.51. The lowest BCUT2D eigenvalue weighted by molar-refractivity contribution is 0.271. The van der Waals surface area contributed by atoms with Gasteiger partial charge in [0.2, 0.25) is 0 Å². The van der Waals surface area contributed by atoms with E-state index in [9.17, 15) is 0 Å². The average Bonchev–Trinajstić information content (AvgIpc) is 2.30. The zero-order chi connectivity index (χ0) is 10.7. The van der Waals surface area contributed by atoms with Gasteiger partial charge in [-0.2, -0.15) is 0 Å². The molecule has 0 amide bonds. The van der Waals surface area contributed by atoms with Crippen molar-refractivity contribution in [2.24, 2.45) is 0 Å². The van der Waals surface area contributed by atoms with Gasteiger partial charge in [-0.3, -0.25) is 0 Å². The standard InChI is InChI=1S/C13H20N2/c1-3-14-8-10-15(11-9-14)13-7-5-4-6-12(13)2/h4-7H,3,8-11H2,1-2H3. The Balaban J connectivity index is 2.04. The normalized spacial score (nSPS) is 18.1. The third kappa shape index (κ3) is 2.32. The minimum atomic E-state index is 1.17. The molecule has 2 heteroatoms. The molecule has 82 valence electrons. The number of piperazine rings is 1. The van der Waals surface area contributed by atoms with Crippen molar-refractivity contribution >= 4 is 5.69 Å². The summed E-state index contributed by atoms with van der Waals surface area (Å²) in [5, 5.41) is 0. The minimum absolute atomic E-state index is 1.17. The number of nitrogens with zero attached hydrogens (tertiary/aromatic N) is 2. The number of benzene rings is 1. The number of rotatable bonds is 2. The second-order valence-electron chi connectivity index (χ2n) is 4.21. The third-order valence-corrected chi connectivity index (χ3v) is 3.28. The van der Waals surface area contributed by atoms with Gasteiger partial charge >= 0.3 is 0 Å². The summed E-state index contributed by atoms with van der Waals surface area (Å²) in [7, 11) is 0. The van der Waals surface area contributed by atoms with E-state index in [1.807, 2.05) is 0 Å². The quantitative estimate of drug-likeness (QED) is 0.728. The Morgan fingerprint density at radius 1 is 1.07 bits per heavy atom. The SMILES string of the molecule is CCN1CCN(c2ccccc2C)CC1. The van der Waals surface area contributed by atoms with E-state index >= 15 is 0 Å². The molecule has 1 heterocycles. The molecular formula is C13H20N2. The second-order valence-corrected chi connectivity index (χ2v) is 4.21. The Kier molecular flexibility index (Phi) is 3.27. The topological polar surface area (TPSA) is 6.48 Å². The van der Waals surface area contributed by atoms with Gasteiger partial charge < -0.3 is 9.80 Å². The molecule has 1 aromatic rings. The van der Waals surface area contributed by atoms with E-state index in [-0.39, 0.29) is 0 Å². The third-order valence-electron chi connectivity index (χ3n) is 3.28. The van der Waals surface area contributed by atoms with E-state index in [4.69, 9.17) is 0 Å². The van der Waals surface area contributed by atoms with Crippen LogP contribution in [0, 0.1) is 6.92 Å². The van der Waals surface area contributed by atoms with Crippen molar-refractivity contribution < 1.29 is 0 Å². The lowest BCUT2D eigenvalue weighted by Crippen LogP contribution is -2.46. The molecule has 0 unspecified atom stereocenters.